The predicted octanol–water partition coefficient (Wildman–Crippen LogP) is 4.85. The number of halogens is 1. The molecular weight excluding hydrogens is 266 g/mol. The van der Waals surface area contributed by atoms with Crippen LogP contribution in [0.1, 0.15) is 30.5 Å². The Morgan fingerprint density at radius 3 is 2.30 bits per heavy atom. The summed E-state index contributed by atoms with van der Waals surface area (Å²) in [7, 11) is 1.96. The Kier molecular flexibility index (Phi) is 5.22. The molecule has 0 aromatic heterocycles. The van der Waals surface area contributed by atoms with E-state index in [0.29, 0.717) is 0 Å². The van der Waals surface area contributed by atoms with Crippen molar-refractivity contribution < 1.29 is 0 Å². The summed E-state index contributed by atoms with van der Waals surface area (Å²) in [5, 5.41) is 4.01. The molecule has 2 rings (SSSR count). The van der Waals surface area contributed by atoms with Crippen LogP contribution in [-0.4, -0.2) is 7.05 Å². The molecule has 2 heteroatoms. The fraction of sp³-hybridized carbons (Fsp3) is 0.333. The lowest BCUT2D eigenvalue weighted by Gasteiger charge is -2.13. The van der Waals surface area contributed by atoms with E-state index in [4.69, 9.17) is 11.6 Å². The topological polar surface area (TPSA) is 12.0 Å². The first kappa shape index (κ1) is 15.1. The number of nitrogens with one attached hydrogen (secondary N) is 1. The Morgan fingerprint density at radius 1 is 0.900 bits per heavy atom. The summed E-state index contributed by atoms with van der Waals surface area (Å²) in [5.41, 5.74) is 6.67. The first-order chi connectivity index (χ1) is 9.69. The fourth-order valence-electron chi connectivity index (χ4n) is 2.65. The Labute approximate surface area is 127 Å². The monoisotopic (exact) mass is 287 g/mol. The molecule has 0 amide bonds. The van der Waals surface area contributed by atoms with Gasteiger partial charge in [0, 0.05) is 11.6 Å². The van der Waals surface area contributed by atoms with Gasteiger partial charge in [0.15, 0.2) is 0 Å². The van der Waals surface area contributed by atoms with Crippen LogP contribution in [0.4, 0.5) is 0 Å². The first-order valence-corrected chi connectivity index (χ1v) is 7.62. The van der Waals surface area contributed by atoms with Gasteiger partial charge >= 0.3 is 0 Å². The normalized spacial score (nSPS) is 10.8. The van der Waals surface area contributed by atoms with Crippen LogP contribution in [0.15, 0.2) is 36.4 Å². The third-order valence-electron chi connectivity index (χ3n) is 3.71. The van der Waals surface area contributed by atoms with Gasteiger partial charge in [-0.3, -0.25) is 0 Å². The molecule has 0 unspecified atom stereocenters. The van der Waals surface area contributed by atoms with Gasteiger partial charge in [-0.05, 0) is 59.8 Å². The molecule has 0 aliphatic rings. The number of aryl methyl sites for hydroxylation is 2. The van der Waals surface area contributed by atoms with Crippen molar-refractivity contribution in [3.8, 4) is 11.1 Å². The van der Waals surface area contributed by atoms with E-state index in [1.807, 2.05) is 19.2 Å². The highest BCUT2D eigenvalue weighted by Crippen LogP contribution is 2.28. The molecule has 0 bridgehead atoms. The number of hydrogen-bond donors (Lipinski definition) is 1. The van der Waals surface area contributed by atoms with Gasteiger partial charge in [-0.1, -0.05) is 49.7 Å². The van der Waals surface area contributed by atoms with Crippen LogP contribution in [0.25, 0.3) is 11.1 Å². The number of rotatable bonds is 5. The van der Waals surface area contributed by atoms with Gasteiger partial charge in [0.05, 0.1) is 0 Å². The standard InChI is InChI=1S/C18H22ClN/c1-4-13-6-7-15(10-14(13)5-2)18-9-8-17(19)11-16(18)12-20-3/h6-11,20H,4-5,12H2,1-3H3. The SMILES string of the molecule is CCc1ccc(-c2ccc(Cl)cc2CNC)cc1CC. The Hall–Kier alpha value is -1.31. The van der Waals surface area contributed by atoms with Gasteiger partial charge in [-0.15, -0.1) is 0 Å². The smallest absolute Gasteiger partial charge is 0.0409 e. The highest BCUT2D eigenvalue weighted by atomic mass is 35.5. The molecule has 1 nitrogen and oxygen atoms in total. The van der Waals surface area contributed by atoms with Gasteiger partial charge in [0.1, 0.15) is 0 Å². The van der Waals surface area contributed by atoms with Crippen LogP contribution < -0.4 is 5.32 Å². The Bertz CT molecular complexity index is 590. The molecule has 106 valence electrons. The van der Waals surface area contributed by atoms with Crippen molar-refractivity contribution in [3.63, 3.8) is 0 Å². The summed E-state index contributed by atoms with van der Waals surface area (Å²) >= 11 is 6.12. The summed E-state index contributed by atoms with van der Waals surface area (Å²) in [5.74, 6) is 0. The van der Waals surface area contributed by atoms with Gasteiger partial charge in [-0.25, -0.2) is 0 Å². The third-order valence-corrected chi connectivity index (χ3v) is 3.95. The zero-order valence-electron chi connectivity index (χ0n) is 12.5. The molecule has 0 spiro atoms. The maximum Gasteiger partial charge on any atom is 0.0409 e. The minimum Gasteiger partial charge on any atom is -0.316 e. The quantitative estimate of drug-likeness (QED) is 0.829. The maximum atomic E-state index is 6.12. The van der Waals surface area contributed by atoms with Crippen LogP contribution in [0.5, 0.6) is 0 Å². The minimum absolute atomic E-state index is 0.792. The molecule has 0 radical (unpaired) electrons. The second-order valence-corrected chi connectivity index (χ2v) is 5.46. The van der Waals surface area contributed by atoms with Gasteiger partial charge < -0.3 is 5.32 Å². The molecule has 0 aliphatic heterocycles. The number of hydrogen-bond acceptors (Lipinski definition) is 1. The van der Waals surface area contributed by atoms with Crippen LogP contribution in [0.2, 0.25) is 5.02 Å². The lowest BCUT2D eigenvalue weighted by Crippen LogP contribution is -2.06. The van der Waals surface area contributed by atoms with Crippen LogP contribution in [-0.2, 0) is 19.4 Å². The fourth-order valence-corrected chi connectivity index (χ4v) is 2.84. The maximum absolute atomic E-state index is 6.12. The van der Waals surface area contributed by atoms with Crippen molar-refractivity contribution >= 4 is 11.6 Å². The average molecular weight is 288 g/mol. The van der Waals surface area contributed by atoms with Gasteiger partial charge in [0.2, 0.25) is 0 Å². The molecule has 0 saturated carbocycles. The highest BCUT2D eigenvalue weighted by Gasteiger charge is 2.08. The van der Waals surface area contributed by atoms with Crippen LogP contribution in [0, 0.1) is 0 Å². The molecule has 0 atom stereocenters. The van der Waals surface area contributed by atoms with E-state index in [2.05, 4.69) is 43.4 Å². The van der Waals surface area contributed by atoms with Crippen LogP contribution >= 0.6 is 11.6 Å². The highest BCUT2D eigenvalue weighted by molar-refractivity contribution is 6.30. The van der Waals surface area contributed by atoms with Crippen molar-refractivity contribution in [1.82, 2.24) is 5.32 Å². The van der Waals surface area contributed by atoms with Gasteiger partial charge in [0.25, 0.3) is 0 Å². The predicted molar refractivity (Wildman–Crippen MR) is 88.4 cm³/mol. The van der Waals surface area contributed by atoms with E-state index in [9.17, 15) is 0 Å². The Morgan fingerprint density at radius 2 is 1.65 bits per heavy atom. The minimum atomic E-state index is 0.792. The van der Waals surface area contributed by atoms with Crippen LogP contribution in [0.3, 0.4) is 0 Å². The Balaban J connectivity index is 2.50. The van der Waals surface area contributed by atoms with E-state index in [1.54, 1.807) is 0 Å². The molecule has 2 aromatic carbocycles. The average Bonchev–Trinajstić information content (AvgIpc) is 2.47. The summed E-state index contributed by atoms with van der Waals surface area (Å²) < 4.78 is 0. The summed E-state index contributed by atoms with van der Waals surface area (Å²) in [6, 6.07) is 12.9. The first-order valence-electron chi connectivity index (χ1n) is 7.24. The molecule has 0 heterocycles. The largest absolute Gasteiger partial charge is 0.316 e. The van der Waals surface area contributed by atoms with Crippen molar-refractivity contribution in [2.45, 2.75) is 33.2 Å². The molecule has 20 heavy (non-hydrogen) atoms. The second-order valence-electron chi connectivity index (χ2n) is 5.02. The van der Waals surface area contributed by atoms with Gasteiger partial charge in [-0.2, -0.15) is 0 Å². The van der Waals surface area contributed by atoms with E-state index >= 15 is 0 Å². The molecule has 2 aromatic rings. The molecular formula is C18H22ClN. The summed E-state index contributed by atoms with van der Waals surface area (Å²) in [6.07, 6.45) is 2.17. The van der Waals surface area contributed by atoms with E-state index in [0.717, 1.165) is 24.4 Å². The van der Waals surface area contributed by atoms with Crippen molar-refractivity contribution in [2.75, 3.05) is 7.05 Å². The molecule has 1 N–H and O–H groups in total. The molecule has 0 saturated heterocycles. The van der Waals surface area contributed by atoms with E-state index in [1.165, 1.54) is 27.8 Å². The second kappa shape index (κ2) is 6.92. The summed E-state index contributed by atoms with van der Waals surface area (Å²) in [4.78, 5) is 0. The molecule has 0 fully saturated rings. The zero-order valence-corrected chi connectivity index (χ0v) is 13.2. The van der Waals surface area contributed by atoms with E-state index in [-0.39, 0.29) is 0 Å². The molecule has 0 aliphatic carbocycles. The zero-order chi connectivity index (χ0) is 14.5. The third kappa shape index (κ3) is 3.23. The summed E-state index contributed by atoms with van der Waals surface area (Å²) in [6.45, 7) is 5.25. The lowest BCUT2D eigenvalue weighted by molar-refractivity contribution is 0.819. The lowest BCUT2D eigenvalue weighted by atomic mass is 9.94. The number of benzene rings is 2. The van der Waals surface area contributed by atoms with Crippen molar-refractivity contribution in [1.29, 1.82) is 0 Å². The van der Waals surface area contributed by atoms with Crippen molar-refractivity contribution in [3.05, 3.63) is 58.1 Å². The van der Waals surface area contributed by atoms with E-state index < -0.39 is 0 Å². The van der Waals surface area contributed by atoms with Crippen molar-refractivity contribution in [2.24, 2.45) is 0 Å².